The van der Waals surface area contributed by atoms with Gasteiger partial charge in [-0.25, -0.2) is 4.68 Å². The van der Waals surface area contributed by atoms with Crippen molar-refractivity contribution in [1.82, 2.24) is 9.78 Å². The second-order valence-corrected chi connectivity index (χ2v) is 6.64. The Labute approximate surface area is 172 Å². The normalized spacial score (nSPS) is 10.4. The summed E-state index contributed by atoms with van der Waals surface area (Å²) in [5, 5.41) is 28.2. The van der Waals surface area contributed by atoms with E-state index in [2.05, 4.69) is 16.5 Å². The second-order valence-electron chi connectivity index (χ2n) is 6.64. The maximum atomic E-state index is 11.5. The first-order valence-corrected chi connectivity index (χ1v) is 9.28. The van der Waals surface area contributed by atoms with Crippen LogP contribution in [0.15, 0.2) is 48.5 Å². The summed E-state index contributed by atoms with van der Waals surface area (Å²) in [6.45, 7) is 1.78. The van der Waals surface area contributed by atoms with Gasteiger partial charge in [-0.3, -0.25) is 14.9 Å². The highest BCUT2D eigenvalue weighted by Crippen LogP contribution is 2.26. The smallest absolute Gasteiger partial charge is 0.293 e. The lowest BCUT2D eigenvalue weighted by molar-refractivity contribution is -0.384. The van der Waals surface area contributed by atoms with Crippen molar-refractivity contribution in [2.45, 2.75) is 19.8 Å². The SMILES string of the molecule is CC(=O)c1ccc(NCCCc2nn(-c3ccccc3)c(N)c2C#N)c([N+](=O)[O-])c1. The Morgan fingerprint density at radius 1 is 1.30 bits per heavy atom. The van der Waals surface area contributed by atoms with Gasteiger partial charge >= 0.3 is 0 Å². The average Bonchev–Trinajstić information content (AvgIpc) is 3.06. The first-order chi connectivity index (χ1) is 14.4. The molecule has 152 valence electrons. The molecule has 0 atom stereocenters. The minimum Gasteiger partial charge on any atom is -0.382 e. The van der Waals surface area contributed by atoms with Crippen molar-refractivity contribution in [1.29, 1.82) is 5.26 Å². The Kier molecular flexibility index (Phi) is 6.08. The molecule has 3 aromatic rings. The van der Waals surface area contributed by atoms with Crippen LogP contribution in [-0.4, -0.2) is 27.0 Å². The van der Waals surface area contributed by atoms with Crippen molar-refractivity contribution in [2.75, 3.05) is 17.6 Å². The van der Waals surface area contributed by atoms with Crippen LogP contribution < -0.4 is 11.1 Å². The van der Waals surface area contributed by atoms with Crippen molar-refractivity contribution >= 4 is 23.0 Å². The largest absolute Gasteiger partial charge is 0.382 e. The van der Waals surface area contributed by atoms with E-state index in [1.807, 2.05) is 30.3 Å². The van der Waals surface area contributed by atoms with Gasteiger partial charge in [-0.1, -0.05) is 18.2 Å². The highest BCUT2D eigenvalue weighted by molar-refractivity contribution is 5.95. The maximum Gasteiger partial charge on any atom is 0.293 e. The number of aromatic nitrogens is 2. The minimum atomic E-state index is -0.523. The summed E-state index contributed by atoms with van der Waals surface area (Å²) in [4.78, 5) is 22.2. The molecule has 3 rings (SSSR count). The summed E-state index contributed by atoms with van der Waals surface area (Å²) < 4.78 is 1.53. The number of rotatable bonds is 8. The van der Waals surface area contributed by atoms with Crippen LogP contribution in [0.5, 0.6) is 0 Å². The van der Waals surface area contributed by atoms with Crippen molar-refractivity contribution < 1.29 is 9.72 Å². The Hall–Kier alpha value is -4.19. The molecule has 0 unspecified atom stereocenters. The number of carbonyl (C=O) groups is 1. The van der Waals surface area contributed by atoms with Crippen LogP contribution in [0.3, 0.4) is 0 Å². The van der Waals surface area contributed by atoms with Gasteiger partial charge in [0.15, 0.2) is 5.78 Å². The van der Waals surface area contributed by atoms with E-state index in [0.29, 0.717) is 36.3 Å². The lowest BCUT2D eigenvalue weighted by Gasteiger charge is -2.07. The predicted octanol–water partition coefficient (Wildman–Crippen LogP) is 3.48. The van der Waals surface area contributed by atoms with Gasteiger partial charge in [0.25, 0.3) is 5.69 Å². The van der Waals surface area contributed by atoms with Gasteiger partial charge in [-0.15, -0.1) is 0 Å². The number of para-hydroxylation sites is 1. The zero-order valence-electron chi connectivity index (χ0n) is 16.3. The highest BCUT2D eigenvalue weighted by Gasteiger charge is 2.18. The number of anilines is 2. The Morgan fingerprint density at radius 3 is 2.67 bits per heavy atom. The molecule has 0 aliphatic carbocycles. The zero-order valence-corrected chi connectivity index (χ0v) is 16.3. The molecule has 2 aromatic carbocycles. The number of Topliss-reactive ketones (excluding diaryl/α,β-unsaturated/α-hetero) is 1. The summed E-state index contributed by atoms with van der Waals surface area (Å²) in [5.41, 5.74) is 8.22. The Morgan fingerprint density at radius 2 is 2.03 bits per heavy atom. The van der Waals surface area contributed by atoms with Gasteiger partial charge in [0.05, 0.1) is 16.3 Å². The lowest BCUT2D eigenvalue weighted by Crippen LogP contribution is -2.07. The molecule has 1 heterocycles. The number of nitrogens with two attached hydrogens (primary N) is 1. The minimum absolute atomic E-state index is 0.155. The molecule has 0 aliphatic heterocycles. The monoisotopic (exact) mass is 404 g/mol. The first kappa shape index (κ1) is 20.5. The number of ketones is 1. The molecule has 0 spiro atoms. The quantitative estimate of drug-likeness (QED) is 0.253. The number of nitrogens with one attached hydrogen (secondary N) is 1. The molecule has 0 radical (unpaired) electrons. The molecule has 30 heavy (non-hydrogen) atoms. The van der Waals surface area contributed by atoms with Gasteiger partial charge in [0.2, 0.25) is 0 Å². The van der Waals surface area contributed by atoms with Crippen molar-refractivity contribution in [3.8, 4) is 11.8 Å². The predicted molar refractivity (Wildman–Crippen MR) is 113 cm³/mol. The van der Waals surface area contributed by atoms with Crippen molar-refractivity contribution in [2.24, 2.45) is 0 Å². The third-order valence-electron chi connectivity index (χ3n) is 4.61. The first-order valence-electron chi connectivity index (χ1n) is 9.28. The topological polar surface area (TPSA) is 140 Å². The number of hydrogen-bond donors (Lipinski definition) is 2. The molecular formula is C21H20N6O3. The molecule has 0 amide bonds. The Balaban J connectivity index is 1.70. The van der Waals surface area contributed by atoms with Crippen LogP contribution in [0.25, 0.3) is 5.69 Å². The van der Waals surface area contributed by atoms with E-state index < -0.39 is 4.92 Å². The molecular weight excluding hydrogens is 384 g/mol. The fraction of sp³-hybridized carbons (Fsp3) is 0.190. The number of nitro benzene ring substituents is 1. The number of nitrogens with zero attached hydrogens (tertiary/aromatic N) is 4. The number of nitriles is 1. The fourth-order valence-electron chi connectivity index (χ4n) is 3.07. The van der Waals surface area contributed by atoms with Gasteiger partial charge in [-0.2, -0.15) is 10.4 Å². The number of benzene rings is 2. The van der Waals surface area contributed by atoms with E-state index in [1.54, 1.807) is 6.07 Å². The molecule has 0 fully saturated rings. The molecule has 9 heteroatoms. The lowest BCUT2D eigenvalue weighted by atomic mass is 10.1. The van der Waals surface area contributed by atoms with Gasteiger partial charge < -0.3 is 11.1 Å². The number of hydrogen-bond acceptors (Lipinski definition) is 7. The number of nitrogen functional groups attached to an aromatic ring is 1. The van der Waals surface area contributed by atoms with E-state index >= 15 is 0 Å². The standard InChI is InChI=1S/C21H20N6O3/c1-14(28)15-9-10-19(20(12-15)27(29)30)24-11-5-8-18-17(13-22)21(23)26(25-18)16-6-3-2-4-7-16/h2-4,6-7,9-10,12,24H,5,8,11,23H2,1H3. The summed E-state index contributed by atoms with van der Waals surface area (Å²) in [6, 6.07) is 15.7. The van der Waals surface area contributed by atoms with Gasteiger partial charge in [0.1, 0.15) is 23.1 Å². The molecule has 0 aliphatic rings. The fourth-order valence-corrected chi connectivity index (χ4v) is 3.07. The van der Waals surface area contributed by atoms with Crippen LogP contribution in [0.2, 0.25) is 0 Å². The third kappa shape index (κ3) is 4.28. The molecule has 9 nitrogen and oxygen atoms in total. The number of aryl methyl sites for hydroxylation is 1. The van der Waals surface area contributed by atoms with Gasteiger partial charge in [-0.05, 0) is 44.0 Å². The van der Waals surface area contributed by atoms with Crippen LogP contribution in [0.4, 0.5) is 17.2 Å². The number of nitro groups is 1. The zero-order chi connectivity index (χ0) is 21.7. The third-order valence-corrected chi connectivity index (χ3v) is 4.61. The maximum absolute atomic E-state index is 11.5. The van der Waals surface area contributed by atoms with Crippen LogP contribution in [0.1, 0.15) is 35.0 Å². The summed E-state index contributed by atoms with van der Waals surface area (Å²) in [5.74, 6) is 0.0439. The van der Waals surface area contributed by atoms with E-state index in [1.165, 1.54) is 23.7 Å². The van der Waals surface area contributed by atoms with E-state index in [0.717, 1.165) is 5.69 Å². The van der Waals surface area contributed by atoms with Crippen molar-refractivity contribution in [3.05, 3.63) is 75.5 Å². The van der Waals surface area contributed by atoms with Crippen molar-refractivity contribution in [3.63, 3.8) is 0 Å². The van der Waals surface area contributed by atoms with Crippen LogP contribution >= 0.6 is 0 Å². The summed E-state index contributed by atoms with van der Waals surface area (Å²) >= 11 is 0. The molecule has 0 bridgehead atoms. The highest BCUT2D eigenvalue weighted by atomic mass is 16.6. The van der Waals surface area contributed by atoms with E-state index in [9.17, 15) is 20.2 Å². The molecule has 1 aromatic heterocycles. The average molecular weight is 404 g/mol. The Bertz CT molecular complexity index is 1130. The van der Waals surface area contributed by atoms with Gasteiger partial charge in [0, 0.05) is 18.2 Å². The molecule has 3 N–H and O–H groups in total. The number of carbonyl (C=O) groups excluding carboxylic acids is 1. The van der Waals surface area contributed by atoms with E-state index in [-0.39, 0.29) is 22.9 Å². The van der Waals surface area contributed by atoms with Crippen LogP contribution in [-0.2, 0) is 6.42 Å². The molecule has 0 saturated heterocycles. The summed E-state index contributed by atoms with van der Waals surface area (Å²) in [7, 11) is 0. The molecule has 0 saturated carbocycles. The van der Waals surface area contributed by atoms with Crippen LogP contribution in [0, 0.1) is 21.4 Å². The second kappa shape index (κ2) is 8.87. The van der Waals surface area contributed by atoms with E-state index in [4.69, 9.17) is 5.73 Å². The summed E-state index contributed by atoms with van der Waals surface area (Å²) in [6.07, 6.45) is 1.05.